The van der Waals surface area contributed by atoms with Crippen molar-refractivity contribution in [3.63, 3.8) is 0 Å². The average molecular weight is 283 g/mol. The zero-order valence-corrected chi connectivity index (χ0v) is 12.5. The molecule has 0 fully saturated rings. The molecule has 1 atom stereocenters. The van der Waals surface area contributed by atoms with Gasteiger partial charge in [0, 0.05) is 20.3 Å². The second-order valence-electron chi connectivity index (χ2n) is 4.96. The van der Waals surface area contributed by atoms with Crippen LogP contribution < -0.4 is 0 Å². The number of aryl methyl sites for hydroxylation is 1. The number of carbonyl (C=O) groups is 1. The molecule has 1 rings (SSSR count). The number of hydrogen-bond acceptors (Lipinski definition) is 2. The Morgan fingerprint density at radius 1 is 1.21 bits per heavy atom. The van der Waals surface area contributed by atoms with Gasteiger partial charge in [-0.3, -0.25) is 9.36 Å². The minimum absolute atomic E-state index is 0.222. The second-order valence-corrected chi connectivity index (χ2v) is 7.41. The van der Waals surface area contributed by atoms with Crippen LogP contribution >= 0.6 is 7.37 Å². The van der Waals surface area contributed by atoms with Gasteiger partial charge in [0.25, 0.3) is 0 Å². The van der Waals surface area contributed by atoms with Crippen molar-refractivity contribution in [1.82, 2.24) is 4.90 Å². The van der Waals surface area contributed by atoms with Crippen LogP contribution in [0.2, 0.25) is 0 Å². The Bertz CT molecular complexity index is 445. The minimum atomic E-state index is -3.32. The fourth-order valence-electron chi connectivity index (χ4n) is 1.76. The van der Waals surface area contributed by atoms with E-state index in [2.05, 4.69) is 0 Å². The smallest absolute Gasteiger partial charge is 0.231 e. The fraction of sp³-hybridized carbons (Fsp3) is 0.500. The first-order valence-electron chi connectivity index (χ1n) is 6.45. The summed E-state index contributed by atoms with van der Waals surface area (Å²) in [6.07, 6.45) is 2.42. The Morgan fingerprint density at radius 3 is 2.42 bits per heavy atom. The summed E-state index contributed by atoms with van der Waals surface area (Å²) in [5, 5.41) is 0. The summed E-state index contributed by atoms with van der Waals surface area (Å²) >= 11 is 0. The van der Waals surface area contributed by atoms with Gasteiger partial charge in [0.1, 0.15) is 6.16 Å². The molecule has 0 aliphatic carbocycles. The highest BCUT2D eigenvalue weighted by atomic mass is 31.2. The molecule has 1 amide bonds. The topological polar surface area (TPSA) is 57.6 Å². The summed E-state index contributed by atoms with van der Waals surface area (Å²) in [5.41, 5.74) is 1.24. The fourth-order valence-corrected chi connectivity index (χ4v) is 3.35. The lowest BCUT2D eigenvalue weighted by Crippen LogP contribution is -2.25. The third kappa shape index (κ3) is 6.55. The molecule has 0 aromatic heterocycles. The SMILES string of the molecule is CN(C)C(=O)CP(=O)(O)CCCCc1ccccc1. The summed E-state index contributed by atoms with van der Waals surface area (Å²) in [6.45, 7) is 0. The van der Waals surface area contributed by atoms with Crippen LogP contribution in [0.4, 0.5) is 0 Å². The molecule has 5 heteroatoms. The Labute approximate surface area is 114 Å². The normalized spacial score (nSPS) is 13.8. The first kappa shape index (κ1) is 15.9. The predicted octanol–water partition coefficient (Wildman–Crippen LogP) is 2.37. The van der Waals surface area contributed by atoms with E-state index in [4.69, 9.17) is 0 Å². The molecule has 4 nitrogen and oxygen atoms in total. The molecule has 19 heavy (non-hydrogen) atoms. The number of amides is 1. The molecule has 0 heterocycles. The molecule has 0 aliphatic heterocycles. The summed E-state index contributed by atoms with van der Waals surface area (Å²) in [7, 11) is -0.125. The quantitative estimate of drug-likeness (QED) is 0.617. The number of rotatable bonds is 7. The molecular formula is C14H22NO3P. The molecule has 1 aromatic rings. The van der Waals surface area contributed by atoms with E-state index in [0.29, 0.717) is 6.42 Å². The first-order chi connectivity index (χ1) is 8.91. The second kappa shape index (κ2) is 7.46. The lowest BCUT2D eigenvalue weighted by Gasteiger charge is -2.14. The van der Waals surface area contributed by atoms with Gasteiger partial charge in [0.05, 0.1) is 0 Å². The summed E-state index contributed by atoms with van der Waals surface area (Å²) in [5.74, 6) is -0.283. The van der Waals surface area contributed by atoms with Crippen molar-refractivity contribution in [2.24, 2.45) is 0 Å². The first-order valence-corrected chi connectivity index (χ1v) is 8.49. The van der Waals surface area contributed by atoms with Gasteiger partial charge in [-0.15, -0.1) is 0 Å². The maximum Gasteiger partial charge on any atom is 0.231 e. The lowest BCUT2D eigenvalue weighted by molar-refractivity contribution is -0.126. The zero-order valence-electron chi connectivity index (χ0n) is 11.6. The number of benzene rings is 1. The zero-order chi connectivity index (χ0) is 14.3. The summed E-state index contributed by atoms with van der Waals surface area (Å²) < 4.78 is 11.8. The van der Waals surface area contributed by atoms with Crippen LogP contribution in [0.3, 0.4) is 0 Å². The van der Waals surface area contributed by atoms with Gasteiger partial charge in [-0.2, -0.15) is 0 Å². The van der Waals surface area contributed by atoms with E-state index in [1.54, 1.807) is 14.1 Å². The molecule has 1 unspecified atom stereocenters. The largest absolute Gasteiger partial charge is 0.348 e. The average Bonchev–Trinajstić information content (AvgIpc) is 2.35. The van der Waals surface area contributed by atoms with Gasteiger partial charge >= 0.3 is 0 Å². The van der Waals surface area contributed by atoms with Crippen LogP contribution in [0, 0.1) is 0 Å². The van der Waals surface area contributed by atoms with Crippen molar-refractivity contribution in [2.45, 2.75) is 19.3 Å². The molecule has 0 saturated heterocycles. The van der Waals surface area contributed by atoms with Crippen molar-refractivity contribution in [3.8, 4) is 0 Å². The van der Waals surface area contributed by atoms with Crippen molar-refractivity contribution in [3.05, 3.63) is 35.9 Å². The van der Waals surface area contributed by atoms with E-state index in [0.717, 1.165) is 12.8 Å². The molecule has 106 valence electrons. The number of unbranched alkanes of at least 4 members (excludes halogenated alkanes) is 1. The Hall–Kier alpha value is -1.12. The van der Waals surface area contributed by atoms with Gasteiger partial charge in [-0.25, -0.2) is 0 Å². The van der Waals surface area contributed by atoms with Gasteiger partial charge in [0.2, 0.25) is 13.3 Å². The molecular weight excluding hydrogens is 261 g/mol. The highest BCUT2D eigenvalue weighted by Crippen LogP contribution is 2.41. The van der Waals surface area contributed by atoms with Crippen molar-refractivity contribution in [1.29, 1.82) is 0 Å². The summed E-state index contributed by atoms with van der Waals surface area (Å²) in [6, 6.07) is 10.0. The van der Waals surface area contributed by atoms with Crippen LogP contribution in [-0.2, 0) is 15.8 Å². The van der Waals surface area contributed by atoms with Crippen molar-refractivity contribution in [2.75, 3.05) is 26.4 Å². The van der Waals surface area contributed by atoms with E-state index in [9.17, 15) is 14.3 Å². The number of nitrogens with zero attached hydrogens (tertiary/aromatic N) is 1. The lowest BCUT2D eigenvalue weighted by atomic mass is 10.1. The predicted molar refractivity (Wildman–Crippen MR) is 77.6 cm³/mol. The standard InChI is InChI=1S/C14H22NO3P/c1-15(2)14(16)12-19(17,18)11-7-6-10-13-8-4-3-5-9-13/h3-5,8-9H,6-7,10-12H2,1-2H3,(H,17,18). The maximum absolute atomic E-state index is 11.8. The molecule has 1 N–H and O–H groups in total. The molecule has 0 bridgehead atoms. The van der Waals surface area contributed by atoms with Crippen LogP contribution in [0.25, 0.3) is 0 Å². The number of carbonyl (C=O) groups excluding carboxylic acids is 1. The van der Waals surface area contributed by atoms with E-state index in [1.807, 2.05) is 30.3 Å². The van der Waals surface area contributed by atoms with Gasteiger partial charge < -0.3 is 9.79 Å². The van der Waals surface area contributed by atoms with E-state index >= 15 is 0 Å². The molecule has 0 radical (unpaired) electrons. The van der Waals surface area contributed by atoms with Gasteiger partial charge in [-0.1, -0.05) is 30.3 Å². The highest BCUT2D eigenvalue weighted by molar-refractivity contribution is 7.58. The van der Waals surface area contributed by atoms with Crippen molar-refractivity contribution < 1.29 is 14.3 Å². The monoisotopic (exact) mass is 283 g/mol. The Balaban J connectivity index is 2.28. The van der Waals surface area contributed by atoms with Crippen LogP contribution in [0.5, 0.6) is 0 Å². The number of hydrogen-bond donors (Lipinski definition) is 1. The molecule has 0 spiro atoms. The van der Waals surface area contributed by atoms with Crippen LogP contribution in [0.1, 0.15) is 18.4 Å². The molecule has 0 saturated carbocycles. The Morgan fingerprint density at radius 2 is 1.84 bits per heavy atom. The van der Waals surface area contributed by atoms with Gasteiger partial charge in [0.15, 0.2) is 0 Å². The summed E-state index contributed by atoms with van der Waals surface area (Å²) in [4.78, 5) is 22.5. The van der Waals surface area contributed by atoms with Crippen molar-refractivity contribution >= 4 is 13.3 Å². The molecule has 1 aromatic carbocycles. The Kier molecular flexibility index (Phi) is 6.26. The minimum Gasteiger partial charge on any atom is -0.348 e. The third-order valence-corrected chi connectivity index (χ3v) is 4.73. The molecule has 0 aliphatic rings. The highest BCUT2D eigenvalue weighted by Gasteiger charge is 2.22. The van der Waals surface area contributed by atoms with Crippen LogP contribution in [0.15, 0.2) is 30.3 Å². The van der Waals surface area contributed by atoms with E-state index < -0.39 is 7.37 Å². The van der Waals surface area contributed by atoms with E-state index in [-0.39, 0.29) is 18.2 Å². The van der Waals surface area contributed by atoms with Crippen LogP contribution in [-0.4, -0.2) is 42.1 Å². The van der Waals surface area contributed by atoms with Gasteiger partial charge in [-0.05, 0) is 24.8 Å². The maximum atomic E-state index is 11.8. The van der Waals surface area contributed by atoms with E-state index in [1.165, 1.54) is 10.5 Å². The third-order valence-electron chi connectivity index (χ3n) is 2.95.